The van der Waals surface area contributed by atoms with Gasteiger partial charge in [-0.2, -0.15) is 13.2 Å². The van der Waals surface area contributed by atoms with E-state index in [2.05, 4.69) is 13.8 Å². The highest BCUT2D eigenvalue weighted by Gasteiger charge is 2.58. The molecule has 2 aliphatic carbocycles. The Morgan fingerprint density at radius 2 is 1.58 bits per heavy atom. The second-order valence-corrected chi connectivity index (χ2v) is 10.0. The minimum Gasteiger partial charge on any atom is -0.242 e. The molecule has 0 radical (unpaired) electrons. The van der Waals surface area contributed by atoms with Crippen molar-refractivity contribution in [2.75, 3.05) is 0 Å². The first kappa shape index (κ1) is 24.1. The summed E-state index contributed by atoms with van der Waals surface area (Å²) in [5, 5.41) is 0. The van der Waals surface area contributed by atoms with Crippen LogP contribution in [0.5, 0.6) is 0 Å². The van der Waals surface area contributed by atoms with Crippen molar-refractivity contribution in [2.24, 2.45) is 23.2 Å². The number of benzene rings is 1. The van der Waals surface area contributed by atoms with Crippen LogP contribution in [-0.2, 0) is 0 Å². The molecule has 3 rings (SSSR count). The maximum absolute atomic E-state index is 15.1. The molecule has 0 aliphatic heterocycles. The van der Waals surface area contributed by atoms with Crippen molar-refractivity contribution >= 4 is 5.57 Å². The van der Waals surface area contributed by atoms with Gasteiger partial charge in [0.2, 0.25) is 0 Å². The summed E-state index contributed by atoms with van der Waals surface area (Å²) in [5.41, 5.74) is -1.14. The SMILES string of the molecule is CC(C)CCCC1CCC(CCC2(C(F)(F)F)C=CC(c3ccccc3)=CC2F)CC1. The van der Waals surface area contributed by atoms with Crippen LogP contribution in [0.2, 0.25) is 0 Å². The highest BCUT2D eigenvalue weighted by Crippen LogP contribution is 2.52. The first-order valence-corrected chi connectivity index (χ1v) is 11.9. The number of halogens is 4. The fourth-order valence-corrected chi connectivity index (χ4v) is 5.20. The van der Waals surface area contributed by atoms with Gasteiger partial charge in [-0.15, -0.1) is 0 Å². The Labute approximate surface area is 184 Å². The lowest BCUT2D eigenvalue weighted by Crippen LogP contribution is -2.45. The van der Waals surface area contributed by atoms with Crippen LogP contribution in [0.1, 0.15) is 77.2 Å². The monoisotopic (exact) mass is 436 g/mol. The van der Waals surface area contributed by atoms with Gasteiger partial charge in [0.15, 0.2) is 0 Å². The van der Waals surface area contributed by atoms with Crippen LogP contribution in [-0.4, -0.2) is 12.3 Å². The van der Waals surface area contributed by atoms with Crippen LogP contribution < -0.4 is 0 Å². The van der Waals surface area contributed by atoms with Crippen molar-refractivity contribution in [1.29, 1.82) is 0 Å². The molecule has 172 valence electrons. The van der Waals surface area contributed by atoms with Gasteiger partial charge >= 0.3 is 6.18 Å². The predicted octanol–water partition coefficient (Wildman–Crippen LogP) is 8.94. The molecule has 0 spiro atoms. The number of allylic oxidation sites excluding steroid dienone is 4. The molecule has 0 amide bonds. The third-order valence-electron chi connectivity index (χ3n) is 7.34. The van der Waals surface area contributed by atoms with Gasteiger partial charge in [0.1, 0.15) is 11.6 Å². The lowest BCUT2D eigenvalue weighted by atomic mass is 9.70. The smallest absolute Gasteiger partial charge is 0.242 e. The lowest BCUT2D eigenvalue weighted by Gasteiger charge is -2.39. The molecule has 0 nitrogen and oxygen atoms in total. The molecule has 1 fully saturated rings. The Bertz CT molecular complexity index is 738. The Morgan fingerprint density at radius 3 is 2.13 bits per heavy atom. The molecule has 2 aliphatic rings. The van der Waals surface area contributed by atoms with Crippen molar-refractivity contribution in [3.63, 3.8) is 0 Å². The van der Waals surface area contributed by atoms with E-state index in [1.165, 1.54) is 25.3 Å². The quantitative estimate of drug-likeness (QED) is 0.357. The van der Waals surface area contributed by atoms with E-state index in [0.717, 1.165) is 49.3 Å². The summed E-state index contributed by atoms with van der Waals surface area (Å²) in [6, 6.07) is 9.04. The van der Waals surface area contributed by atoms with Crippen molar-refractivity contribution in [3.05, 3.63) is 54.1 Å². The topological polar surface area (TPSA) is 0 Å². The van der Waals surface area contributed by atoms with Gasteiger partial charge in [-0.25, -0.2) is 4.39 Å². The molecule has 1 saturated carbocycles. The zero-order valence-corrected chi connectivity index (χ0v) is 18.8. The zero-order valence-electron chi connectivity index (χ0n) is 18.8. The summed E-state index contributed by atoms with van der Waals surface area (Å²) < 4.78 is 57.3. The molecule has 2 atom stereocenters. The Morgan fingerprint density at radius 1 is 0.968 bits per heavy atom. The molecule has 1 aromatic carbocycles. The standard InChI is InChI=1S/C27H36F4/c1-20(2)7-6-8-21-11-13-22(14-12-21)15-17-26(27(29,30)31)18-16-24(19-25(26)28)23-9-4-3-5-10-23/h3-5,9-10,16,18-22,25H,6-8,11-15,17H2,1-2H3. The Balaban J connectivity index is 1.58. The molecule has 0 heterocycles. The summed E-state index contributed by atoms with van der Waals surface area (Å²) in [7, 11) is 0. The maximum Gasteiger partial charge on any atom is 0.400 e. The summed E-state index contributed by atoms with van der Waals surface area (Å²) in [6.45, 7) is 4.48. The molecule has 0 bridgehead atoms. The van der Waals surface area contributed by atoms with Crippen molar-refractivity contribution in [3.8, 4) is 0 Å². The molecule has 0 aromatic heterocycles. The molecule has 1 aromatic rings. The Kier molecular flexibility index (Phi) is 8.04. The molecular formula is C27H36F4. The van der Waals surface area contributed by atoms with E-state index in [1.54, 1.807) is 12.1 Å². The first-order chi connectivity index (χ1) is 14.7. The minimum absolute atomic E-state index is 0.171. The van der Waals surface area contributed by atoms with Gasteiger partial charge in [-0.05, 0) is 47.8 Å². The minimum atomic E-state index is -4.60. The molecular weight excluding hydrogens is 400 g/mol. The van der Waals surface area contributed by atoms with Crippen LogP contribution in [0.25, 0.3) is 5.57 Å². The van der Waals surface area contributed by atoms with Crippen molar-refractivity contribution < 1.29 is 17.6 Å². The van der Waals surface area contributed by atoms with Crippen LogP contribution in [0.3, 0.4) is 0 Å². The highest BCUT2D eigenvalue weighted by molar-refractivity contribution is 5.76. The average Bonchev–Trinajstić information content (AvgIpc) is 2.73. The second-order valence-electron chi connectivity index (χ2n) is 10.0. The molecule has 0 saturated heterocycles. The van der Waals surface area contributed by atoms with Gasteiger partial charge < -0.3 is 0 Å². The van der Waals surface area contributed by atoms with Gasteiger partial charge in [0.05, 0.1) is 0 Å². The van der Waals surface area contributed by atoms with Crippen LogP contribution in [0.15, 0.2) is 48.6 Å². The normalized spacial score (nSPS) is 29.3. The van der Waals surface area contributed by atoms with E-state index in [1.807, 2.05) is 18.2 Å². The summed E-state index contributed by atoms with van der Waals surface area (Å²) in [6.07, 6.45) is 5.23. The average molecular weight is 437 g/mol. The van der Waals surface area contributed by atoms with Crippen molar-refractivity contribution in [2.45, 2.75) is 84.0 Å². The van der Waals surface area contributed by atoms with E-state index >= 15 is 4.39 Å². The summed E-state index contributed by atoms with van der Waals surface area (Å²) >= 11 is 0. The zero-order chi connectivity index (χ0) is 22.5. The fourth-order valence-electron chi connectivity index (χ4n) is 5.20. The third kappa shape index (κ3) is 6.02. The molecule has 0 N–H and O–H groups in total. The number of rotatable bonds is 8. The fraction of sp³-hybridized carbons (Fsp3) is 0.630. The first-order valence-electron chi connectivity index (χ1n) is 11.9. The van der Waals surface area contributed by atoms with Crippen LogP contribution in [0, 0.1) is 23.2 Å². The van der Waals surface area contributed by atoms with Crippen LogP contribution in [0.4, 0.5) is 17.6 Å². The molecule has 2 unspecified atom stereocenters. The van der Waals surface area contributed by atoms with Gasteiger partial charge in [-0.1, -0.05) is 101 Å². The number of hydrogen-bond donors (Lipinski definition) is 0. The van der Waals surface area contributed by atoms with E-state index in [-0.39, 0.29) is 12.3 Å². The van der Waals surface area contributed by atoms with Gasteiger partial charge in [0, 0.05) is 0 Å². The highest BCUT2D eigenvalue weighted by atomic mass is 19.4. The summed E-state index contributed by atoms with van der Waals surface area (Å²) in [4.78, 5) is 0. The molecule has 31 heavy (non-hydrogen) atoms. The maximum atomic E-state index is 15.1. The lowest BCUT2D eigenvalue weighted by molar-refractivity contribution is -0.223. The van der Waals surface area contributed by atoms with Crippen LogP contribution >= 0.6 is 0 Å². The van der Waals surface area contributed by atoms with E-state index in [4.69, 9.17) is 0 Å². The largest absolute Gasteiger partial charge is 0.400 e. The predicted molar refractivity (Wildman–Crippen MR) is 120 cm³/mol. The summed E-state index contributed by atoms with van der Waals surface area (Å²) in [5.74, 6) is 1.72. The van der Waals surface area contributed by atoms with E-state index < -0.39 is 17.8 Å². The second kappa shape index (κ2) is 10.4. The third-order valence-corrected chi connectivity index (χ3v) is 7.34. The van der Waals surface area contributed by atoms with Gasteiger partial charge in [-0.3, -0.25) is 0 Å². The molecule has 4 heteroatoms. The van der Waals surface area contributed by atoms with Gasteiger partial charge in [0.25, 0.3) is 0 Å². The van der Waals surface area contributed by atoms with E-state index in [0.29, 0.717) is 17.9 Å². The Hall–Kier alpha value is -1.58. The number of alkyl halides is 4. The number of hydrogen-bond acceptors (Lipinski definition) is 0. The van der Waals surface area contributed by atoms with Crippen molar-refractivity contribution in [1.82, 2.24) is 0 Å². The van der Waals surface area contributed by atoms with E-state index in [9.17, 15) is 13.2 Å².